The van der Waals surface area contributed by atoms with Crippen molar-refractivity contribution in [3.05, 3.63) is 24.3 Å². The molecule has 0 aliphatic carbocycles. The molecule has 0 spiro atoms. The fourth-order valence-electron chi connectivity index (χ4n) is 1.85. The Morgan fingerprint density at radius 3 is 3.06 bits per heavy atom. The van der Waals surface area contributed by atoms with Crippen LogP contribution in [-0.4, -0.2) is 35.8 Å². The minimum Gasteiger partial charge on any atom is -0.497 e. The van der Waals surface area contributed by atoms with Crippen LogP contribution in [0, 0.1) is 0 Å². The summed E-state index contributed by atoms with van der Waals surface area (Å²) >= 11 is 0. The van der Waals surface area contributed by atoms with Crippen LogP contribution >= 0.6 is 0 Å². The van der Waals surface area contributed by atoms with Gasteiger partial charge in [0.25, 0.3) is 0 Å². The van der Waals surface area contributed by atoms with E-state index < -0.39 is 10.8 Å². The van der Waals surface area contributed by atoms with Gasteiger partial charge in [-0.25, -0.2) is 0 Å². The Hall–Kier alpha value is -0.910. The first-order chi connectivity index (χ1) is 8.22. The lowest BCUT2D eigenvalue weighted by Gasteiger charge is -2.27. The smallest absolute Gasteiger partial charge is 0.120 e. The van der Waals surface area contributed by atoms with Gasteiger partial charge in [0.05, 0.1) is 29.8 Å². The van der Waals surface area contributed by atoms with Crippen molar-refractivity contribution in [2.24, 2.45) is 5.73 Å². The van der Waals surface area contributed by atoms with Gasteiger partial charge in [-0.05, 0) is 24.6 Å². The molecule has 17 heavy (non-hydrogen) atoms. The molecule has 1 saturated heterocycles. The van der Waals surface area contributed by atoms with Crippen LogP contribution in [0.5, 0.6) is 5.75 Å². The Labute approximate surface area is 104 Å². The SMILES string of the molecule is COc1cccc(S(=O)C2COCCC2N)c1. The maximum Gasteiger partial charge on any atom is 0.120 e. The molecule has 0 radical (unpaired) electrons. The average molecular weight is 255 g/mol. The highest BCUT2D eigenvalue weighted by Crippen LogP contribution is 2.21. The number of benzene rings is 1. The summed E-state index contributed by atoms with van der Waals surface area (Å²) in [4.78, 5) is 0.746. The Morgan fingerprint density at radius 1 is 1.53 bits per heavy atom. The highest BCUT2D eigenvalue weighted by atomic mass is 32.2. The van der Waals surface area contributed by atoms with Crippen LogP contribution in [0.25, 0.3) is 0 Å². The molecular weight excluding hydrogens is 238 g/mol. The third-order valence-corrected chi connectivity index (χ3v) is 4.66. The lowest BCUT2D eigenvalue weighted by atomic mass is 10.1. The molecule has 0 saturated carbocycles. The van der Waals surface area contributed by atoms with Gasteiger partial charge in [-0.1, -0.05) is 6.07 Å². The Balaban J connectivity index is 2.17. The number of hydrogen-bond acceptors (Lipinski definition) is 4. The van der Waals surface area contributed by atoms with Gasteiger partial charge in [-0.15, -0.1) is 0 Å². The lowest BCUT2D eigenvalue weighted by molar-refractivity contribution is 0.0904. The van der Waals surface area contributed by atoms with Crippen LogP contribution in [0.1, 0.15) is 6.42 Å². The second-order valence-electron chi connectivity index (χ2n) is 4.04. The molecule has 94 valence electrons. The zero-order valence-electron chi connectivity index (χ0n) is 9.80. The van der Waals surface area contributed by atoms with Crippen molar-refractivity contribution in [1.82, 2.24) is 0 Å². The third kappa shape index (κ3) is 2.86. The molecule has 0 bridgehead atoms. The van der Waals surface area contributed by atoms with E-state index in [1.54, 1.807) is 13.2 Å². The fraction of sp³-hybridized carbons (Fsp3) is 0.500. The molecule has 3 atom stereocenters. The minimum atomic E-state index is -1.14. The number of hydrogen-bond donors (Lipinski definition) is 1. The van der Waals surface area contributed by atoms with Gasteiger partial charge in [-0.2, -0.15) is 0 Å². The summed E-state index contributed by atoms with van der Waals surface area (Å²) < 4.78 is 22.8. The van der Waals surface area contributed by atoms with Crippen molar-refractivity contribution in [3.63, 3.8) is 0 Å². The van der Waals surface area contributed by atoms with E-state index in [0.29, 0.717) is 19.0 Å². The van der Waals surface area contributed by atoms with E-state index >= 15 is 0 Å². The molecule has 3 unspecified atom stereocenters. The first-order valence-electron chi connectivity index (χ1n) is 5.60. The van der Waals surface area contributed by atoms with E-state index in [9.17, 15) is 4.21 Å². The van der Waals surface area contributed by atoms with Gasteiger partial charge in [-0.3, -0.25) is 4.21 Å². The summed E-state index contributed by atoms with van der Waals surface area (Å²) in [6.07, 6.45) is 0.764. The van der Waals surface area contributed by atoms with Gasteiger partial charge < -0.3 is 15.2 Å². The molecule has 1 aliphatic rings. The van der Waals surface area contributed by atoms with E-state index in [4.69, 9.17) is 15.2 Å². The fourth-order valence-corrected chi connectivity index (χ4v) is 3.32. The molecule has 2 N–H and O–H groups in total. The van der Waals surface area contributed by atoms with E-state index in [2.05, 4.69) is 0 Å². The second kappa shape index (κ2) is 5.62. The summed E-state index contributed by atoms with van der Waals surface area (Å²) in [6, 6.07) is 7.23. The van der Waals surface area contributed by atoms with Crippen molar-refractivity contribution in [1.29, 1.82) is 0 Å². The van der Waals surface area contributed by atoms with Gasteiger partial charge in [0, 0.05) is 17.5 Å². The average Bonchev–Trinajstić information content (AvgIpc) is 2.38. The van der Waals surface area contributed by atoms with Gasteiger partial charge in [0.1, 0.15) is 5.75 Å². The van der Waals surface area contributed by atoms with Crippen LogP contribution in [0.2, 0.25) is 0 Å². The molecule has 1 fully saturated rings. The minimum absolute atomic E-state index is 0.0595. The predicted molar refractivity (Wildman–Crippen MR) is 66.6 cm³/mol. The molecule has 0 amide bonds. The van der Waals surface area contributed by atoms with E-state index in [0.717, 1.165) is 11.3 Å². The molecule has 2 rings (SSSR count). The zero-order chi connectivity index (χ0) is 12.3. The monoisotopic (exact) mass is 255 g/mol. The Kier molecular flexibility index (Phi) is 4.15. The van der Waals surface area contributed by atoms with Crippen molar-refractivity contribution >= 4 is 10.8 Å². The van der Waals surface area contributed by atoms with Crippen LogP contribution in [0.15, 0.2) is 29.2 Å². The van der Waals surface area contributed by atoms with Crippen molar-refractivity contribution in [2.45, 2.75) is 22.6 Å². The number of methoxy groups -OCH3 is 1. The summed E-state index contributed by atoms with van der Waals surface area (Å²) in [5.41, 5.74) is 5.98. The van der Waals surface area contributed by atoms with Crippen molar-refractivity contribution in [2.75, 3.05) is 20.3 Å². The molecule has 1 heterocycles. The van der Waals surface area contributed by atoms with E-state index in [1.807, 2.05) is 18.2 Å². The number of nitrogens with two attached hydrogens (primary N) is 1. The normalized spacial score (nSPS) is 26.5. The molecular formula is C12H17NO3S. The molecule has 5 heteroatoms. The summed E-state index contributed by atoms with van der Waals surface area (Å²) in [6.45, 7) is 1.12. The number of rotatable bonds is 3. The van der Waals surface area contributed by atoms with Gasteiger partial charge in [0.2, 0.25) is 0 Å². The highest BCUT2D eigenvalue weighted by Gasteiger charge is 2.28. The Bertz CT molecular complexity index is 410. The highest BCUT2D eigenvalue weighted by molar-refractivity contribution is 7.85. The molecule has 1 aromatic carbocycles. The lowest BCUT2D eigenvalue weighted by Crippen LogP contribution is -2.45. The summed E-state index contributed by atoms with van der Waals surface area (Å²) in [5.74, 6) is 0.709. The third-order valence-electron chi connectivity index (χ3n) is 2.90. The standard InChI is InChI=1S/C12H17NO3S/c1-15-9-3-2-4-10(7-9)17(14)12-8-16-6-5-11(12)13/h2-4,7,11-12H,5-6,8,13H2,1H3. The van der Waals surface area contributed by atoms with Crippen LogP contribution in [0.3, 0.4) is 0 Å². The molecule has 1 aromatic rings. The zero-order valence-corrected chi connectivity index (χ0v) is 10.6. The van der Waals surface area contributed by atoms with Crippen molar-refractivity contribution in [3.8, 4) is 5.75 Å². The summed E-state index contributed by atoms with van der Waals surface area (Å²) in [5, 5.41) is -0.129. The molecule has 1 aliphatic heterocycles. The van der Waals surface area contributed by atoms with E-state index in [1.165, 1.54) is 0 Å². The van der Waals surface area contributed by atoms with Gasteiger partial charge in [0.15, 0.2) is 0 Å². The van der Waals surface area contributed by atoms with Crippen LogP contribution < -0.4 is 10.5 Å². The quantitative estimate of drug-likeness (QED) is 0.872. The van der Waals surface area contributed by atoms with Crippen LogP contribution in [0.4, 0.5) is 0 Å². The molecule has 4 nitrogen and oxygen atoms in total. The topological polar surface area (TPSA) is 61.5 Å². The van der Waals surface area contributed by atoms with Crippen LogP contribution in [-0.2, 0) is 15.5 Å². The maximum atomic E-state index is 12.4. The first-order valence-corrected chi connectivity index (χ1v) is 6.81. The number of ether oxygens (including phenoxy) is 2. The first kappa shape index (κ1) is 12.5. The van der Waals surface area contributed by atoms with Crippen molar-refractivity contribution < 1.29 is 13.7 Å². The molecule has 0 aromatic heterocycles. The summed E-state index contributed by atoms with van der Waals surface area (Å²) in [7, 11) is 0.453. The second-order valence-corrected chi connectivity index (χ2v) is 5.71. The van der Waals surface area contributed by atoms with E-state index in [-0.39, 0.29) is 11.3 Å². The maximum absolute atomic E-state index is 12.4. The predicted octanol–water partition coefficient (Wildman–Crippen LogP) is 0.919. The Morgan fingerprint density at radius 2 is 2.35 bits per heavy atom. The largest absolute Gasteiger partial charge is 0.497 e. The van der Waals surface area contributed by atoms with Gasteiger partial charge >= 0.3 is 0 Å².